The number of rotatable bonds is 6. The fourth-order valence-electron chi connectivity index (χ4n) is 3.30. The maximum absolute atomic E-state index is 16.5. The molecule has 3 rings (SSSR count). The summed E-state index contributed by atoms with van der Waals surface area (Å²) in [6.45, 7) is -1.61. The predicted octanol–water partition coefficient (Wildman–Crippen LogP) is 4.17. The van der Waals surface area contributed by atoms with Crippen LogP contribution in [0.4, 0.5) is 28.0 Å². The molecule has 0 saturated carbocycles. The summed E-state index contributed by atoms with van der Waals surface area (Å²) in [4.78, 5) is 43.1. The minimum absolute atomic E-state index is 0.0234. The third-order valence-electron chi connectivity index (χ3n) is 4.72. The molecule has 0 aromatic heterocycles. The Morgan fingerprint density at radius 2 is 1.82 bits per heavy atom. The summed E-state index contributed by atoms with van der Waals surface area (Å²) < 4.78 is 80.9. The van der Waals surface area contributed by atoms with Gasteiger partial charge in [0.1, 0.15) is 12.4 Å². The maximum atomic E-state index is 16.5. The molecule has 1 heterocycles. The van der Waals surface area contributed by atoms with Gasteiger partial charge in [0.2, 0.25) is 5.67 Å². The summed E-state index contributed by atoms with van der Waals surface area (Å²) in [5.41, 5.74) is -6.27. The molecule has 1 atom stereocenters. The second-order valence-corrected chi connectivity index (χ2v) is 8.49. The van der Waals surface area contributed by atoms with Crippen LogP contribution in [0.15, 0.2) is 36.4 Å². The first-order valence-electron chi connectivity index (χ1n) is 9.16. The molecule has 9 nitrogen and oxygen atoms in total. The Labute approximate surface area is 194 Å². The van der Waals surface area contributed by atoms with E-state index >= 15 is 4.39 Å². The molecular weight excluding hydrogens is 513 g/mol. The van der Waals surface area contributed by atoms with Gasteiger partial charge in [-0.05, 0) is 30.3 Å². The number of phosphoric ester groups is 1. The van der Waals surface area contributed by atoms with Gasteiger partial charge in [0, 0.05) is 16.1 Å². The number of benzene rings is 2. The first-order valence-corrected chi connectivity index (χ1v) is 11.1. The second-order valence-electron chi connectivity index (χ2n) is 6.81. The smallest absolute Gasteiger partial charge is 0.469 e. The lowest BCUT2D eigenvalue weighted by Gasteiger charge is -2.22. The molecule has 0 aliphatic carbocycles. The first-order chi connectivity index (χ1) is 15.7. The topological polar surface area (TPSA) is 123 Å². The van der Waals surface area contributed by atoms with Crippen molar-refractivity contribution in [3.05, 3.63) is 58.1 Å². The van der Waals surface area contributed by atoms with E-state index in [1.54, 1.807) is 0 Å². The van der Waals surface area contributed by atoms with Crippen LogP contribution in [0.3, 0.4) is 0 Å². The first kappa shape index (κ1) is 25.9. The highest BCUT2D eigenvalue weighted by Gasteiger charge is 2.57. The van der Waals surface area contributed by atoms with Gasteiger partial charge in [0.05, 0.1) is 25.0 Å². The van der Waals surface area contributed by atoms with Crippen molar-refractivity contribution >= 4 is 37.1 Å². The number of ether oxygens (including phenoxy) is 2. The van der Waals surface area contributed by atoms with Crippen molar-refractivity contribution in [1.29, 1.82) is 0 Å². The number of carbonyl (C=O) groups is 2. The van der Waals surface area contributed by atoms with Crippen LogP contribution in [0.2, 0.25) is 5.02 Å². The van der Waals surface area contributed by atoms with E-state index in [1.165, 1.54) is 12.1 Å². The van der Waals surface area contributed by atoms with Crippen LogP contribution in [-0.2, 0) is 30.5 Å². The van der Waals surface area contributed by atoms with Crippen LogP contribution in [0, 0.1) is 0 Å². The predicted molar refractivity (Wildman–Crippen MR) is 108 cm³/mol. The number of hydrogen-bond acceptors (Lipinski definition) is 6. The number of alkyl halides is 4. The van der Waals surface area contributed by atoms with Crippen molar-refractivity contribution in [2.75, 3.05) is 25.2 Å². The molecule has 1 aliphatic rings. The number of amides is 2. The Balaban J connectivity index is 2.09. The lowest BCUT2D eigenvalue weighted by atomic mass is 9.88. The summed E-state index contributed by atoms with van der Waals surface area (Å²) in [5, 5.41) is -0.0234. The van der Waals surface area contributed by atoms with Crippen LogP contribution in [0.5, 0.6) is 5.75 Å². The highest BCUT2D eigenvalue weighted by molar-refractivity contribution is 7.46. The Kier molecular flexibility index (Phi) is 6.98. The average Bonchev–Trinajstić information content (AvgIpc) is 2.97. The van der Waals surface area contributed by atoms with Crippen LogP contribution in [-0.4, -0.2) is 42.1 Å². The van der Waals surface area contributed by atoms with Crippen molar-refractivity contribution in [2.45, 2.75) is 11.8 Å². The number of fused-ring (bicyclic) bond motifs is 1. The molecule has 0 fully saturated rings. The number of nitrogens with zero attached hydrogens (tertiary/aromatic N) is 1. The van der Waals surface area contributed by atoms with Crippen molar-refractivity contribution in [3.63, 3.8) is 0 Å². The van der Waals surface area contributed by atoms with Crippen molar-refractivity contribution in [3.8, 4) is 5.75 Å². The standard InChI is InChI=1S/C19H15ClF4NO8P/c1-31-15-5-3-11(20)9-13(15)18(21)12-4-2-10(19(22,23)24)8-14(12)25(16(18)26)17(27)32-6-7-33-34(28,29)30/h2-5,8-9H,6-7H2,1H3,(H2,28,29,30). The van der Waals surface area contributed by atoms with Crippen LogP contribution in [0.25, 0.3) is 0 Å². The summed E-state index contributed by atoms with van der Waals surface area (Å²) >= 11 is 5.93. The Hall–Kier alpha value is -2.70. The van der Waals surface area contributed by atoms with E-state index in [0.29, 0.717) is 18.2 Å². The van der Waals surface area contributed by atoms with E-state index in [-0.39, 0.29) is 15.7 Å². The quantitative estimate of drug-likeness (QED) is 0.326. The van der Waals surface area contributed by atoms with Gasteiger partial charge in [-0.1, -0.05) is 17.7 Å². The zero-order valence-corrected chi connectivity index (χ0v) is 18.7. The van der Waals surface area contributed by atoms with Gasteiger partial charge in [0.15, 0.2) is 0 Å². The lowest BCUT2D eigenvalue weighted by molar-refractivity contribution is -0.137. The van der Waals surface area contributed by atoms with Gasteiger partial charge in [-0.3, -0.25) is 9.32 Å². The van der Waals surface area contributed by atoms with Crippen molar-refractivity contribution in [2.24, 2.45) is 0 Å². The number of anilines is 1. The number of carbonyl (C=O) groups excluding carboxylic acids is 2. The molecule has 34 heavy (non-hydrogen) atoms. The van der Waals surface area contributed by atoms with Crippen molar-refractivity contribution in [1.82, 2.24) is 0 Å². The fourth-order valence-corrected chi connectivity index (χ4v) is 3.79. The zero-order valence-electron chi connectivity index (χ0n) is 17.0. The Morgan fingerprint density at radius 1 is 1.15 bits per heavy atom. The molecule has 0 bridgehead atoms. The normalized spacial score (nSPS) is 18.1. The maximum Gasteiger partial charge on any atom is 0.469 e. The zero-order chi connectivity index (χ0) is 25.5. The molecule has 0 saturated heterocycles. The third-order valence-corrected chi connectivity index (χ3v) is 5.47. The van der Waals surface area contributed by atoms with Crippen LogP contribution < -0.4 is 9.64 Å². The average molecular weight is 528 g/mol. The second kappa shape index (κ2) is 9.16. The summed E-state index contributed by atoms with van der Waals surface area (Å²) in [5.74, 6) is -1.78. The number of methoxy groups -OCH3 is 1. The molecule has 15 heteroatoms. The number of phosphoric acid groups is 1. The monoisotopic (exact) mass is 527 g/mol. The van der Waals surface area contributed by atoms with Gasteiger partial charge in [-0.15, -0.1) is 0 Å². The van der Waals surface area contributed by atoms with Crippen LogP contribution in [0.1, 0.15) is 16.7 Å². The third kappa shape index (κ3) is 4.89. The molecule has 2 aromatic carbocycles. The van der Waals surface area contributed by atoms with Crippen molar-refractivity contribution < 1.29 is 55.5 Å². The number of imide groups is 1. The molecule has 184 valence electrons. The molecular formula is C19H15ClF4NO8P. The largest absolute Gasteiger partial charge is 0.496 e. The SMILES string of the molecule is COc1ccc(Cl)cc1C1(F)C(=O)N(C(=O)OCCOP(=O)(O)O)c2cc(C(F)(F)F)ccc21. The van der Waals surface area contributed by atoms with E-state index in [0.717, 1.165) is 13.2 Å². The van der Waals surface area contributed by atoms with Gasteiger partial charge in [-0.2, -0.15) is 13.2 Å². The number of hydrogen-bond donors (Lipinski definition) is 2. The lowest BCUT2D eigenvalue weighted by Crippen LogP contribution is -2.42. The summed E-state index contributed by atoms with van der Waals surface area (Å²) in [6.07, 6.45) is -6.49. The van der Waals surface area contributed by atoms with E-state index in [9.17, 15) is 27.3 Å². The molecule has 2 amide bonds. The van der Waals surface area contributed by atoms with Gasteiger partial charge in [-0.25, -0.2) is 18.6 Å². The van der Waals surface area contributed by atoms with E-state index in [2.05, 4.69) is 9.26 Å². The highest BCUT2D eigenvalue weighted by Crippen LogP contribution is 2.51. The number of halogens is 5. The molecule has 1 unspecified atom stereocenters. The highest BCUT2D eigenvalue weighted by atomic mass is 35.5. The minimum Gasteiger partial charge on any atom is -0.496 e. The van der Waals surface area contributed by atoms with Gasteiger partial charge >= 0.3 is 20.1 Å². The van der Waals surface area contributed by atoms with Gasteiger partial charge < -0.3 is 19.3 Å². The van der Waals surface area contributed by atoms with E-state index in [4.69, 9.17) is 26.1 Å². The van der Waals surface area contributed by atoms with E-state index in [1.807, 2.05) is 0 Å². The molecule has 2 aromatic rings. The van der Waals surface area contributed by atoms with E-state index < -0.39 is 67.3 Å². The summed E-state index contributed by atoms with van der Waals surface area (Å²) in [6, 6.07) is 5.24. The molecule has 0 spiro atoms. The summed E-state index contributed by atoms with van der Waals surface area (Å²) in [7, 11) is -3.74. The molecule has 0 radical (unpaired) electrons. The Morgan fingerprint density at radius 3 is 2.41 bits per heavy atom. The molecule has 1 aliphatic heterocycles. The minimum atomic E-state index is -4.90. The fraction of sp³-hybridized carbons (Fsp3) is 0.263. The van der Waals surface area contributed by atoms with Crippen LogP contribution >= 0.6 is 19.4 Å². The molecule has 2 N–H and O–H groups in total. The van der Waals surface area contributed by atoms with Gasteiger partial charge in [0.25, 0.3) is 5.91 Å². The Bertz CT molecular complexity index is 1190.